The molecule has 2 saturated heterocycles. The maximum absolute atomic E-state index is 12.3. The Bertz CT molecular complexity index is 385. The van der Waals surface area contributed by atoms with Crippen LogP contribution in [0.3, 0.4) is 0 Å². The van der Waals surface area contributed by atoms with Crippen LogP contribution in [0, 0.1) is 0 Å². The summed E-state index contributed by atoms with van der Waals surface area (Å²) in [5.74, 6) is 0. The molecular weight excluding hydrogens is 258 g/mol. The van der Waals surface area contributed by atoms with Gasteiger partial charge in [0.1, 0.15) is 5.60 Å². The van der Waals surface area contributed by atoms with Crippen molar-refractivity contribution in [1.29, 1.82) is 0 Å². The molecule has 0 aromatic carbocycles. The quantitative estimate of drug-likeness (QED) is 0.749. The summed E-state index contributed by atoms with van der Waals surface area (Å²) < 4.78 is 11.0. The Hall–Kier alpha value is -1.07. The van der Waals surface area contributed by atoms with Gasteiger partial charge in [0.2, 0.25) is 0 Å². The zero-order chi connectivity index (χ0) is 15.0. The zero-order valence-electron chi connectivity index (χ0n) is 12.8. The molecule has 0 aromatic rings. The zero-order valence-corrected chi connectivity index (χ0v) is 12.8. The van der Waals surface area contributed by atoms with Crippen molar-refractivity contribution in [3.8, 4) is 0 Å². The molecule has 2 unspecified atom stereocenters. The van der Waals surface area contributed by atoms with Crippen molar-refractivity contribution in [2.75, 3.05) is 13.2 Å². The van der Waals surface area contributed by atoms with E-state index in [0.717, 1.165) is 0 Å². The van der Waals surface area contributed by atoms with Crippen LogP contribution in [0.5, 0.6) is 0 Å². The van der Waals surface area contributed by atoms with Crippen LogP contribution < -0.4 is 0 Å². The van der Waals surface area contributed by atoms with Gasteiger partial charge in [-0.1, -0.05) is 12.2 Å². The Kier molecular flexibility index (Phi) is 4.12. The van der Waals surface area contributed by atoms with Crippen molar-refractivity contribution in [3.05, 3.63) is 12.2 Å². The first-order chi connectivity index (χ1) is 9.24. The molecule has 2 bridgehead atoms. The van der Waals surface area contributed by atoms with Crippen molar-refractivity contribution in [1.82, 2.24) is 4.90 Å². The average Bonchev–Trinajstić information content (AvgIpc) is 2.24. The van der Waals surface area contributed by atoms with Gasteiger partial charge in [0.05, 0.1) is 30.9 Å². The molecule has 2 atom stereocenters. The first kappa shape index (κ1) is 15.3. The molecule has 2 aliphatic heterocycles. The van der Waals surface area contributed by atoms with Gasteiger partial charge in [-0.3, -0.25) is 4.90 Å². The summed E-state index contributed by atoms with van der Waals surface area (Å²) in [6.45, 7) is 8.38. The van der Waals surface area contributed by atoms with Gasteiger partial charge in [0, 0.05) is 12.8 Å². The molecule has 1 amide bonds. The van der Waals surface area contributed by atoms with Crippen LogP contribution in [-0.4, -0.2) is 52.6 Å². The van der Waals surface area contributed by atoms with Crippen molar-refractivity contribution < 1.29 is 19.4 Å². The van der Waals surface area contributed by atoms with Crippen LogP contribution >= 0.6 is 0 Å². The van der Waals surface area contributed by atoms with E-state index in [-0.39, 0.29) is 18.2 Å². The van der Waals surface area contributed by atoms with Crippen LogP contribution in [-0.2, 0) is 9.47 Å². The first-order valence-corrected chi connectivity index (χ1v) is 7.19. The van der Waals surface area contributed by atoms with Gasteiger partial charge in [-0.15, -0.1) is 0 Å². The largest absolute Gasteiger partial charge is 0.444 e. The number of allylic oxidation sites excluding steroid dienone is 1. The second kappa shape index (κ2) is 5.37. The van der Waals surface area contributed by atoms with E-state index in [1.807, 2.05) is 39.8 Å². The fourth-order valence-electron chi connectivity index (χ4n) is 3.07. The van der Waals surface area contributed by atoms with Gasteiger partial charge in [-0.25, -0.2) is 4.79 Å². The van der Waals surface area contributed by atoms with Crippen molar-refractivity contribution in [2.24, 2.45) is 0 Å². The Morgan fingerprint density at radius 3 is 2.35 bits per heavy atom. The molecule has 5 heteroatoms. The molecule has 2 heterocycles. The van der Waals surface area contributed by atoms with E-state index >= 15 is 0 Å². The number of aliphatic hydroxyl groups is 1. The third-order valence-electron chi connectivity index (χ3n) is 3.67. The summed E-state index contributed by atoms with van der Waals surface area (Å²) in [6, 6.07) is -0.253. The van der Waals surface area contributed by atoms with E-state index in [4.69, 9.17) is 9.47 Å². The second-order valence-corrected chi connectivity index (χ2v) is 6.74. The van der Waals surface area contributed by atoms with E-state index < -0.39 is 11.2 Å². The topological polar surface area (TPSA) is 59.0 Å². The molecule has 2 aliphatic rings. The molecule has 0 aliphatic carbocycles. The van der Waals surface area contributed by atoms with Crippen molar-refractivity contribution in [2.45, 2.75) is 63.8 Å². The Morgan fingerprint density at radius 1 is 1.35 bits per heavy atom. The molecule has 2 fully saturated rings. The highest BCUT2D eigenvalue weighted by molar-refractivity contribution is 5.69. The minimum Gasteiger partial charge on any atom is -0.444 e. The van der Waals surface area contributed by atoms with Crippen LogP contribution in [0.1, 0.15) is 40.5 Å². The standard InChI is InChI=1S/C15H25NO4/c1-5-6-15(18)7-11-9-19-10-12(8-15)16(11)13(17)20-14(2,3)4/h5-6,11-12,18H,7-10H2,1-4H3/b6-5-. The number of amides is 1. The number of morpholine rings is 1. The lowest BCUT2D eigenvalue weighted by molar-refractivity contribution is -0.123. The number of hydrogen-bond donors (Lipinski definition) is 1. The molecule has 0 saturated carbocycles. The second-order valence-electron chi connectivity index (χ2n) is 6.74. The van der Waals surface area contributed by atoms with Gasteiger partial charge in [0.15, 0.2) is 0 Å². The number of nitrogens with zero attached hydrogens (tertiary/aromatic N) is 1. The van der Waals surface area contributed by atoms with Crippen molar-refractivity contribution in [3.63, 3.8) is 0 Å². The predicted octanol–water partition coefficient (Wildman–Crippen LogP) is 2.09. The number of ether oxygens (including phenoxy) is 2. The predicted molar refractivity (Wildman–Crippen MR) is 75.5 cm³/mol. The minimum atomic E-state index is -0.841. The normalized spacial score (nSPS) is 34.4. The number of piperidine rings is 1. The van der Waals surface area contributed by atoms with Crippen LogP contribution in [0.25, 0.3) is 0 Å². The van der Waals surface area contributed by atoms with Gasteiger partial charge in [-0.2, -0.15) is 0 Å². The lowest BCUT2D eigenvalue weighted by Gasteiger charge is -2.50. The highest BCUT2D eigenvalue weighted by Gasteiger charge is 2.48. The van der Waals surface area contributed by atoms with Gasteiger partial charge in [-0.05, 0) is 27.7 Å². The third kappa shape index (κ3) is 3.33. The SMILES string of the molecule is C/C=C\C1(O)CC2COCC(C1)N2C(=O)OC(C)(C)C. The minimum absolute atomic E-state index is 0.126. The Balaban J connectivity index is 2.15. The first-order valence-electron chi connectivity index (χ1n) is 7.19. The fraction of sp³-hybridized carbons (Fsp3) is 0.800. The molecule has 20 heavy (non-hydrogen) atoms. The Morgan fingerprint density at radius 2 is 1.90 bits per heavy atom. The van der Waals surface area contributed by atoms with Crippen LogP contribution in [0.2, 0.25) is 0 Å². The molecule has 2 rings (SSSR count). The maximum atomic E-state index is 12.3. The third-order valence-corrected chi connectivity index (χ3v) is 3.67. The summed E-state index contributed by atoms with van der Waals surface area (Å²) in [6.07, 6.45) is 4.36. The summed E-state index contributed by atoms with van der Waals surface area (Å²) in [5, 5.41) is 10.6. The molecular formula is C15H25NO4. The van der Waals surface area contributed by atoms with Crippen molar-refractivity contribution >= 4 is 6.09 Å². The highest BCUT2D eigenvalue weighted by Crippen LogP contribution is 2.36. The van der Waals surface area contributed by atoms with Gasteiger partial charge in [0.25, 0.3) is 0 Å². The number of carbonyl (C=O) groups is 1. The van der Waals surface area contributed by atoms with Crippen LogP contribution in [0.4, 0.5) is 4.79 Å². The molecule has 5 nitrogen and oxygen atoms in total. The molecule has 0 aromatic heterocycles. The smallest absolute Gasteiger partial charge is 0.410 e. The summed E-state index contributed by atoms with van der Waals surface area (Å²) in [7, 11) is 0. The lowest BCUT2D eigenvalue weighted by Crippen LogP contribution is -2.63. The molecule has 1 N–H and O–H groups in total. The van der Waals surface area contributed by atoms with Gasteiger partial charge < -0.3 is 14.6 Å². The fourth-order valence-corrected chi connectivity index (χ4v) is 3.07. The molecule has 0 radical (unpaired) electrons. The van der Waals surface area contributed by atoms with E-state index in [2.05, 4.69) is 0 Å². The van der Waals surface area contributed by atoms with E-state index in [9.17, 15) is 9.90 Å². The Labute approximate surface area is 120 Å². The maximum Gasteiger partial charge on any atom is 0.410 e. The van der Waals surface area contributed by atoms with Gasteiger partial charge >= 0.3 is 6.09 Å². The summed E-state index contributed by atoms with van der Waals surface area (Å²) in [4.78, 5) is 14.1. The van der Waals surface area contributed by atoms with E-state index in [1.54, 1.807) is 4.90 Å². The number of rotatable bonds is 1. The van der Waals surface area contributed by atoms with E-state index in [0.29, 0.717) is 26.1 Å². The highest BCUT2D eigenvalue weighted by atomic mass is 16.6. The number of hydrogen-bond acceptors (Lipinski definition) is 4. The molecule has 114 valence electrons. The summed E-state index contributed by atoms with van der Waals surface area (Å²) in [5.41, 5.74) is -1.35. The van der Waals surface area contributed by atoms with E-state index in [1.165, 1.54) is 0 Å². The average molecular weight is 283 g/mol. The number of fused-ring (bicyclic) bond motifs is 2. The lowest BCUT2D eigenvalue weighted by atomic mass is 9.81. The number of carbonyl (C=O) groups excluding carboxylic acids is 1. The monoisotopic (exact) mass is 283 g/mol. The molecule has 0 spiro atoms. The summed E-state index contributed by atoms with van der Waals surface area (Å²) >= 11 is 0. The van der Waals surface area contributed by atoms with Crippen LogP contribution in [0.15, 0.2) is 12.2 Å².